The van der Waals surface area contributed by atoms with Gasteiger partial charge in [-0.15, -0.1) is 5.10 Å². The Morgan fingerprint density at radius 3 is 2.76 bits per heavy atom. The number of hydrogen-bond donors (Lipinski definition) is 0. The van der Waals surface area contributed by atoms with Crippen LogP contribution in [0.4, 0.5) is 0 Å². The molecule has 2 rings (SSSR count). The van der Waals surface area contributed by atoms with Gasteiger partial charge in [0.25, 0.3) is 0 Å². The summed E-state index contributed by atoms with van der Waals surface area (Å²) >= 11 is 0. The summed E-state index contributed by atoms with van der Waals surface area (Å²) < 4.78 is 6.85. The van der Waals surface area contributed by atoms with E-state index in [1.54, 1.807) is 6.92 Å². The molecule has 5 nitrogen and oxygen atoms in total. The van der Waals surface area contributed by atoms with E-state index in [1.807, 2.05) is 11.6 Å². The summed E-state index contributed by atoms with van der Waals surface area (Å²) in [6, 6.07) is 0.402. The molecular formula is C12H19N3O2. The average molecular weight is 237 g/mol. The van der Waals surface area contributed by atoms with Crippen LogP contribution in [0.2, 0.25) is 0 Å². The first-order chi connectivity index (χ1) is 8.24. The summed E-state index contributed by atoms with van der Waals surface area (Å²) in [6.07, 6.45) is 6.03. The van der Waals surface area contributed by atoms with Gasteiger partial charge in [-0.25, -0.2) is 9.48 Å². The van der Waals surface area contributed by atoms with Gasteiger partial charge in [0.1, 0.15) is 0 Å². The first-order valence-electron chi connectivity index (χ1n) is 6.33. The standard InChI is InChI=1S/C12H19N3O2/c1-3-17-12(16)11-9(2)15(14-13-11)10-7-5-4-6-8-10/h10H,3-8H2,1-2H3. The van der Waals surface area contributed by atoms with E-state index in [9.17, 15) is 4.79 Å². The molecule has 1 aromatic heterocycles. The van der Waals surface area contributed by atoms with E-state index < -0.39 is 0 Å². The lowest BCUT2D eigenvalue weighted by Gasteiger charge is -2.22. The van der Waals surface area contributed by atoms with Crippen molar-refractivity contribution in [1.29, 1.82) is 0 Å². The van der Waals surface area contributed by atoms with Crippen molar-refractivity contribution in [1.82, 2.24) is 15.0 Å². The zero-order valence-electron chi connectivity index (χ0n) is 10.5. The molecular weight excluding hydrogens is 218 g/mol. The zero-order chi connectivity index (χ0) is 12.3. The second-order valence-electron chi connectivity index (χ2n) is 4.48. The largest absolute Gasteiger partial charge is 0.461 e. The molecule has 17 heavy (non-hydrogen) atoms. The van der Waals surface area contributed by atoms with Crippen molar-refractivity contribution < 1.29 is 9.53 Å². The molecule has 0 atom stereocenters. The molecule has 0 bridgehead atoms. The number of hydrogen-bond acceptors (Lipinski definition) is 4. The van der Waals surface area contributed by atoms with Crippen LogP contribution < -0.4 is 0 Å². The SMILES string of the molecule is CCOC(=O)c1nnn(C2CCCCC2)c1C. The number of nitrogens with zero attached hydrogens (tertiary/aromatic N) is 3. The maximum atomic E-state index is 11.6. The number of ether oxygens (including phenoxy) is 1. The Morgan fingerprint density at radius 2 is 2.12 bits per heavy atom. The second-order valence-corrected chi connectivity index (χ2v) is 4.48. The molecule has 1 aliphatic rings. The minimum atomic E-state index is -0.368. The van der Waals surface area contributed by atoms with Crippen LogP contribution in [0.1, 0.15) is 61.3 Å². The fraction of sp³-hybridized carbons (Fsp3) is 0.750. The number of rotatable bonds is 3. The highest BCUT2D eigenvalue weighted by atomic mass is 16.5. The van der Waals surface area contributed by atoms with Crippen molar-refractivity contribution in [3.05, 3.63) is 11.4 Å². The number of carbonyl (C=O) groups is 1. The molecule has 1 fully saturated rings. The molecule has 1 saturated carbocycles. The van der Waals surface area contributed by atoms with Crippen LogP contribution in [0.25, 0.3) is 0 Å². The predicted octanol–water partition coefficient (Wildman–Crippen LogP) is 2.27. The van der Waals surface area contributed by atoms with E-state index in [1.165, 1.54) is 19.3 Å². The Bertz CT molecular complexity index is 394. The third-order valence-electron chi connectivity index (χ3n) is 3.32. The van der Waals surface area contributed by atoms with E-state index in [4.69, 9.17) is 4.74 Å². The summed E-state index contributed by atoms with van der Waals surface area (Å²) in [5.41, 5.74) is 1.19. The Morgan fingerprint density at radius 1 is 1.41 bits per heavy atom. The number of aromatic nitrogens is 3. The normalized spacial score (nSPS) is 17.1. The molecule has 5 heteroatoms. The van der Waals surface area contributed by atoms with E-state index in [0.29, 0.717) is 18.3 Å². The third-order valence-corrected chi connectivity index (χ3v) is 3.32. The Balaban J connectivity index is 2.16. The highest BCUT2D eigenvalue weighted by Crippen LogP contribution is 2.28. The molecule has 94 valence electrons. The van der Waals surface area contributed by atoms with Crippen molar-refractivity contribution in [2.75, 3.05) is 6.61 Å². The first kappa shape index (κ1) is 12.1. The molecule has 0 unspecified atom stereocenters. The van der Waals surface area contributed by atoms with Gasteiger partial charge in [-0.3, -0.25) is 0 Å². The Hall–Kier alpha value is -1.39. The molecule has 0 aliphatic heterocycles. The number of esters is 1. The Labute approximate surface area is 101 Å². The maximum Gasteiger partial charge on any atom is 0.360 e. The van der Waals surface area contributed by atoms with Crippen LogP contribution in [-0.2, 0) is 4.74 Å². The maximum absolute atomic E-state index is 11.6. The highest BCUT2D eigenvalue weighted by Gasteiger charge is 2.23. The smallest absolute Gasteiger partial charge is 0.360 e. The van der Waals surface area contributed by atoms with Gasteiger partial charge < -0.3 is 4.74 Å². The fourth-order valence-corrected chi connectivity index (χ4v) is 2.40. The Kier molecular flexibility index (Phi) is 3.76. The minimum absolute atomic E-state index is 0.359. The second kappa shape index (κ2) is 5.29. The summed E-state index contributed by atoms with van der Waals surface area (Å²) in [6.45, 7) is 4.05. The summed E-state index contributed by atoms with van der Waals surface area (Å²) in [7, 11) is 0. The summed E-state index contributed by atoms with van der Waals surface area (Å²) in [4.78, 5) is 11.6. The van der Waals surface area contributed by atoms with E-state index in [-0.39, 0.29) is 5.97 Å². The zero-order valence-corrected chi connectivity index (χ0v) is 10.5. The lowest BCUT2D eigenvalue weighted by molar-refractivity contribution is 0.0518. The fourth-order valence-electron chi connectivity index (χ4n) is 2.40. The van der Waals surface area contributed by atoms with E-state index >= 15 is 0 Å². The van der Waals surface area contributed by atoms with Gasteiger partial charge in [0, 0.05) is 0 Å². The molecule has 1 aromatic rings. The van der Waals surface area contributed by atoms with Crippen molar-refractivity contribution in [3.63, 3.8) is 0 Å². The van der Waals surface area contributed by atoms with Crippen molar-refractivity contribution in [3.8, 4) is 0 Å². The van der Waals surface area contributed by atoms with Gasteiger partial charge in [0.05, 0.1) is 18.3 Å². The van der Waals surface area contributed by atoms with E-state index in [2.05, 4.69) is 10.3 Å². The molecule has 0 radical (unpaired) electrons. The van der Waals surface area contributed by atoms with E-state index in [0.717, 1.165) is 18.5 Å². The topological polar surface area (TPSA) is 57.0 Å². The summed E-state index contributed by atoms with van der Waals surface area (Å²) in [5.74, 6) is -0.368. The van der Waals surface area contributed by atoms with Gasteiger partial charge in [-0.2, -0.15) is 0 Å². The van der Waals surface area contributed by atoms with Crippen LogP contribution in [0.5, 0.6) is 0 Å². The lowest BCUT2D eigenvalue weighted by atomic mass is 9.95. The molecule has 1 aliphatic carbocycles. The molecule has 0 aromatic carbocycles. The van der Waals surface area contributed by atoms with Crippen molar-refractivity contribution >= 4 is 5.97 Å². The van der Waals surface area contributed by atoms with Crippen molar-refractivity contribution in [2.45, 2.75) is 52.0 Å². The summed E-state index contributed by atoms with van der Waals surface area (Å²) in [5, 5.41) is 8.06. The molecule has 0 amide bonds. The van der Waals surface area contributed by atoms with Crippen LogP contribution in [0, 0.1) is 6.92 Å². The quantitative estimate of drug-likeness (QED) is 0.757. The monoisotopic (exact) mass is 237 g/mol. The third kappa shape index (κ3) is 2.48. The highest BCUT2D eigenvalue weighted by molar-refractivity contribution is 5.88. The van der Waals surface area contributed by atoms with Gasteiger partial charge in [-0.05, 0) is 26.7 Å². The van der Waals surface area contributed by atoms with Crippen LogP contribution in [0.3, 0.4) is 0 Å². The lowest BCUT2D eigenvalue weighted by Crippen LogP contribution is -2.16. The number of carbonyl (C=O) groups excluding carboxylic acids is 1. The average Bonchev–Trinajstić information content (AvgIpc) is 2.72. The van der Waals surface area contributed by atoms with Gasteiger partial charge in [0.2, 0.25) is 0 Å². The minimum Gasteiger partial charge on any atom is -0.461 e. The predicted molar refractivity (Wildman–Crippen MR) is 62.8 cm³/mol. The van der Waals surface area contributed by atoms with Crippen LogP contribution in [-0.4, -0.2) is 27.6 Å². The molecule has 1 heterocycles. The molecule has 0 saturated heterocycles. The van der Waals surface area contributed by atoms with Gasteiger partial charge in [-0.1, -0.05) is 24.5 Å². The van der Waals surface area contributed by atoms with Gasteiger partial charge in [0.15, 0.2) is 5.69 Å². The molecule has 0 spiro atoms. The first-order valence-corrected chi connectivity index (χ1v) is 6.33. The van der Waals surface area contributed by atoms with Crippen LogP contribution >= 0.6 is 0 Å². The van der Waals surface area contributed by atoms with Crippen LogP contribution in [0.15, 0.2) is 0 Å². The van der Waals surface area contributed by atoms with Crippen molar-refractivity contribution in [2.24, 2.45) is 0 Å². The molecule has 0 N–H and O–H groups in total. The van der Waals surface area contributed by atoms with Gasteiger partial charge >= 0.3 is 5.97 Å².